The molecular weight excluding hydrogens is 246 g/mol. The van der Waals surface area contributed by atoms with Gasteiger partial charge < -0.3 is 15.1 Å². The SMILES string of the molecule is CC(O)C1CCN(C(=O)c2cccc(C(=O)O)c2)C1. The van der Waals surface area contributed by atoms with Gasteiger partial charge in [-0.1, -0.05) is 6.07 Å². The molecule has 1 amide bonds. The van der Waals surface area contributed by atoms with E-state index in [4.69, 9.17) is 5.11 Å². The van der Waals surface area contributed by atoms with Gasteiger partial charge in [-0.05, 0) is 31.5 Å². The summed E-state index contributed by atoms with van der Waals surface area (Å²) >= 11 is 0. The molecular formula is C14H17NO4. The number of hydrogen-bond acceptors (Lipinski definition) is 3. The van der Waals surface area contributed by atoms with Crippen LogP contribution in [0.2, 0.25) is 0 Å². The molecule has 2 rings (SSSR count). The Balaban J connectivity index is 2.12. The average Bonchev–Trinajstić information content (AvgIpc) is 2.87. The Kier molecular flexibility index (Phi) is 3.85. The summed E-state index contributed by atoms with van der Waals surface area (Å²) in [7, 11) is 0. The van der Waals surface area contributed by atoms with E-state index >= 15 is 0 Å². The lowest BCUT2D eigenvalue weighted by Crippen LogP contribution is -2.30. The maximum atomic E-state index is 12.2. The number of carboxylic acid groups (broad SMARTS) is 1. The minimum Gasteiger partial charge on any atom is -0.478 e. The Hall–Kier alpha value is -1.88. The fourth-order valence-electron chi connectivity index (χ4n) is 2.33. The van der Waals surface area contributed by atoms with Crippen molar-refractivity contribution in [1.82, 2.24) is 4.90 Å². The molecule has 2 N–H and O–H groups in total. The summed E-state index contributed by atoms with van der Waals surface area (Å²) in [5, 5.41) is 18.4. The van der Waals surface area contributed by atoms with Crippen LogP contribution >= 0.6 is 0 Å². The van der Waals surface area contributed by atoms with Crippen molar-refractivity contribution in [3.8, 4) is 0 Å². The molecule has 102 valence electrons. The molecule has 0 aliphatic carbocycles. The van der Waals surface area contributed by atoms with Gasteiger partial charge in [-0.2, -0.15) is 0 Å². The van der Waals surface area contributed by atoms with Crippen LogP contribution in [0.3, 0.4) is 0 Å². The normalized spacial score (nSPS) is 20.3. The molecule has 1 aromatic carbocycles. The summed E-state index contributed by atoms with van der Waals surface area (Å²) in [6.07, 6.45) is 0.352. The third-order valence-electron chi connectivity index (χ3n) is 3.55. The third-order valence-corrected chi connectivity index (χ3v) is 3.55. The molecule has 2 unspecified atom stereocenters. The molecule has 1 saturated heterocycles. The minimum absolute atomic E-state index is 0.103. The van der Waals surface area contributed by atoms with Crippen LogP contribution in [0.1, 0.15) is 34.1 Å². The fourth-order valence-corrected chi connectivity index (χ4v) is 2.33. The molecule has 5 nitrogen and oxygen atoms in total. The van der Waals surface area contributed by atoms with E-state index in [1.807, 2.05) is 0 Å². The van der Waals surface area contributed by atoms with Crippen molar-refractivity contribution in [1.29, 1.82) is 0 Å². The summed E-state index contributed by atoms with van der Waals surface area (Å²) in [5.74, 6) is -1.12. The van der Waals surface area contributed by atoms with Crippen LogP contribution in [0.15, 0.2) is 24.3 Å². The highest BCUT2D eigenvalue weighted by Crippen LogP contribution is 2.21. The smallest absolute Gasteiger partial charge is 0.335 e. The van der Waals surface area contributed by atoms with Gasteiger partial charge in [0.05, 0.1) is 11.7 Å². The minimum atomic E-state index is -1.04. The molecule has 1 heterocycles. The molecule has 1 aromatic rings. The zero-order valence-corrected chi connectivity index (χ0v) is 10.7. The Morgan fingerprint density at radius 3 is 2.63 bits per heavy atom. The van der Waals surface area contributed by atoms with Crippen LogP contribution in [0.4, 0.5) is 0 Å². The van der Waals surface area contributed by atoms with Crippen molar-refractivity contribution >= 4 is 11.9 Å². The quantitative estimate of drug-likeness (QED) is 0.859. The summed E-state index contributed by atoms with van der Waals surface area (Å²) in [6.45, 7) is 2.85. The number of rotatable bonds is 3. The second-order valence-corrected chi connectivity index (χ2v) is 4.93. The lowest BCUT2D eigenvalue weighted by Gasteiger charge is -2.18. The number of aliphatic hydroxyl groups excluding tert-OH is 1. The van der Waals surface area contributed by atoms with Gasteiger partial charge in [0.25, 0.3) is 5.91 Å². The zero-order chi connectivity index (χ0) is 14.0. The van der Waals surface area contributed by atoms with Crippen LogP contribution in [0, 0.1) is 5.92 Å². The molecule has 0 spiro atoms. The molecule has 0 bridgehead atoms. The van der Waals surface area contributed by atoms with Crippen LogP contribution in [0.25, 0.3) is 0 Å². The fraction of sp³-hybridized carbons (Fsp3) is 0.429. The Labute approximate surface area is 111 Å². The molecule has 2 atom stereocenters. The number of carboxylic acids is 1. The van der Waals surface area contributed by atoms with Crippen LogP contribution in [0.5, 0.6) is 0 Å². The van der Waals surface area contributed by atoms with Crippen LogP contribution < -0.4 is 0 Å². The lowest BCUT2D eigenvalue weighted by atomic mass is 10.0. The summed E-state index contributed by atoms with van der Waals surface area (Å²) in [4.78, 5) is 24.8. The first-order valence-electron chi connectivity index (χ1n) is 6.29. The number of hydrogen-bond donors (Lipinski definition) is 2. The number of carbonyl (C=O) groups is 2. The van der Waals surface area contributed by atoms with Gasteiger partial charge in [0, 0.05) is 24.6 Å². The van der Waals surface area contributed by atoms with Crippen molar-refractivity contribution < 1.29 is 19.8 Å². The van der Waals surface area contributed by atoms with Crippen molar-refractivity contribution in [2.45, 2.75) is 19.4 Å². The van der Waals surface area contributed by atoms with E-state index in [0.717, 1.165) is 6.42 Å². The van der Waals surface area contributed by atoms with E-state index in [2.05, 4.69) is 0 Å². The van der Waals surface area contributed by atoms with Gasteiger partial charge in [-0.15, -0.1) is 0 Å². The Morgan fingerprint density at radius 1 is 1.37 bits per heavy atom. The molecule has 0 radical (unpaired) electrons. The van der Waals surface area contributed by atoms with Crippen LogP contribution in [-0.2, 0) is 0 Å². The second kappa shape index (κ2) is 5.40. The van der Waals surface area contributed by atoms with E-state index in [1.54, 1.807) is 24.0 Å². The molecule has 1 aliphatic rings. The largest absolute Gasteiger partial charge is 0.478 e. The molecule has 1 fully saturated rings. The third kappa shape index (κ3) is 2.93. The second-order valence-electron chi connectivity index (χ2n) is 4.93. The predicted octanol–water partition coefficient (Wildman–Crippen LogP) is 1.23. The van der Waals surface area contributed by atoms with Crippen molar-refractivity contribution in [2.24, 2.45) is 5.92 Å². The highest BCUT2D eigenvalue weighted by atomic mass is 16.4. The molecule has 0 aromatic heterocycles. The maximum Gasteiger partial charge on any atom is 0.335 e. The number of aromatic carboxylic acids is 1. The van der Waals surface area contributed by atoms with Gasteiger partial charge in [-0.3, -0.25) is 4.79 Å². The molecule has 1 aliphatic heterocycles. The monoisotopic (exact) mass is 263 g/mol. The number of benzene rings is 1. The molecule has 0 saturated carbocycles. The number of likely N-dealkylation sites (tertiary alicyclic amines) is 1. The van der Waals surface area contributed by atoms with E-state index in [0.29, 0.717) is 18.7 Å². The Morgan fingerprint density at radius 2 is 2.05 bits per heavy atom. The van der Waals surface area contributed by atoms with Gasteiger partial charge >= 0.3 is 5.97 Å². The standard InChI is InChI=1S/C14H17NO4/c1-9(16)12-5-6-15(8-12)13(17)10-3-2-4-11(7-10)14(18)19/h2-4,7,9,12,16H,5-6,8H2,1H3,(H,18,19). The zero-order valence-electron chi connectivity index (χ0n) is 10.7. The highest BCUT2D eigenvalue weighted by molar-refractivity contribution is 5.97. The highest BCUT2D eigenvalue weighted by Gasteiger charge is 2.29. The first kappa shape index (κ1) is 13.5. The number of aliphatic hydroxyl groups is 1. The molecule has 5 heteroatoms. The summed E-state index contributed by atoms with van der Waals surface area (Å²) < 4.78 is 0. The predicted molar refractivity (Wildman–Crippen MR) is 69.1 cm³/mol. The van der Waals surface area contributed by atoms with Gasteiger partial charge in [0.2, 0.25) is 0 Å². The molecule has 19 heavy (non-hydrogen) atoms. The van der Waals surface area contributed by atoms with E-state index in [-0.39, 0.29) is 17.4 Å². The first-order chi connectivity index (χ1) is 8.99. The van der Waals surface area contributed by atoms with Crippen molar-refractivity contribution in [3.05, 3.63) is 35.4 Å². The van der Waals surface area contributed by atoms with Crippen LogP contribution in [-0.4, -0.2) is 46.2 Å². The van der Waals surface area contributed by atoms with Gasteiger partial charge in [0.15, 0.2) is 0 Å². The van der Waals surface area contributed by atoms with E-state index in [9.17, 15) is 14.7 Å². The summed E-state index contributed by atoms with van der Waals surface area (Å²) in [5.41, 5.74) is 0.489. The van der Waals surface area contributed by atoms with Crippen molar-refractivity contribution in [2.75, 3.05) is 13.1 Å². The van der Waals surface area contributed by atoms with E-state index < -0.39 is 12.1 Å². The topological polar surface area (TPSA) is 77.8 Å². The lowest BCUT2D eigenvalue weighted by molar-refractivity contribution is 0.0697. The first-order valence-corrected chi connectivity index (χ1v) is 6.29. The average molecular weight is 263 g/mol. The van der Waals surface area contributed by atoms with E-state index in [1.165, 1.54) is 12.1 Å². The van der Waals surface area contributed by atoms with Crippen molar-refractivity contribution in [3.63, 3.8) is 0 Å². The summed E-state index contributed by atoms with van der Waals surface area (Å²) in [6, 6.07) is 6.03. The van der Waals surface area contributed by atoms with Gasteiger partial charge in [0.1, 0.15) is 0 Å². The maximum absolute atomic E-state index is 12.2. The number of amides is 1. The number of nitrogens with zero attached hydrogens (tertiary/aromatic N) is 1. The van der Waals surface area contributed by atoms with Gasteiger partial charge in [-0.25, -0.2) is 4.79 Å². The number of carbonyl (C=O) groups excluding carboxylic acids is 1. The Bertz CT molecular complexity index is 498.